The number of piperidine rings is 1. The van der Waals surface area contributed by atoms with Gasteiger partial charge in [0.05, 0.1) is 24.8 Å². The second-order valence-corrected chi connectivity index (χ2v) is 6.46. The zero-order valence-electron chi connectivity index (χ0n) is 13.8. The minimum absolute atomic E-state index is 0.0896. The molecule has 124 valence electrons. The molecule has 2 amide bonds. The Morgan fingerprint density at radius 3 is 2.61 bits per heavy atom. The predicted molar refractivity (Wildman–Crippen MR) is 88.5 cm³/mol. The van der Waals surface area contributed by atoms with Crippen molar-refractivity contribution in [3.8, 4) is 5.75 Å². The number of anilines is 1. The van der Waals surface area contributed by atoms with Gasteiger partial charge in [-0.3, -0.25) is 14.5 Å². The van der Waals surface area contributed by atoms with E-state index in [0.717, 1.165) is 25.3 Å². The van der Waals surface area contributed by atoms with Crippen LogP contribution >= 0.6 is 0 Å². The number of imide groups is 1. The zero-order valence-corrected chi connectivity index (χ0v) is 13.8. The molecule has 0 aliphatic carbocycles. The van der Waals surface area contributed by atoms with Crippen LogP contribution in [0, 0.1) is 5.92 Å². The number of hydrogen-bond donors (Lipinski definition) is 0. The van der Waals surface area contributed by atoms with E-state index in [1.54, 1.807) is 24.3 Å². The molecular weight excluding hydrogens is 292 g/mol. The first-order valence-electron chi connectivity index (χ1n) is 8.44. The van der Waals surface area contributed by atoms with Gasteiger partial charge in [-0.25, -0.2) is 4.90 Å². The molecule has 0 aromatic heterocycles. The molecule has 2 fully saturated rings. The molecule has 0 N–H and O–H groups in total. The van der Waals surface area contributed by atoms with Gasteiger partial charge in [-0.15, -0.1) is 0 Å². The van der Waals surface area contributed by atoms with Gasteiger partial charge in [0, 0.05) is 6.54 Å². The minimum atomic E-state index is -0.295. The van der Waals surface area contributed by atoms with Crippen LogP contribution in [0.4, 0.5) is 5.69 Å². The van der Waals surface area contributed by atoms with Crippen LogP contribution in [0.3, 0.4) is 0 Å². The lowest BCUT2D eigenvalue weighted by Crippen LogP contribution is -2.46. The maximum absolute atomic E-state index is 12.8. The molecule has 2 heterocycles. The Balaban J connectivity index is 1.75. The first-order chi connectivity index (χ1) is 11.1. The van der Waals surface area contributed by atoms with Crippen molar-refractivity contribution in [1.29, 1.82) is 0 Å². The highest BCUT2D eigenvalue weighted by molar-refractivity contribution is 6.22. The van der Waals surface area contributed by atoms with E-state index in [0.29, 0.717) is 24.6 Å². The van der Waals surface area contributed by atoms with Crippen molar-refractivity contribution in [2.75, 3.05) is 24.6 Å². The highest BCUT2D eigenvalue weighted by atomic mass is 16.5. The van der Waals surface area contributed by atoms with Gasteiger partial charge in [0.2, 0.25) is 5.91 Å². The third kappa shape index (κ3) is 3.24. The molecule has 5 heteroatoms. The summed E-state index contributed by atoms with van der Waals surface area (Å²) < 4.78 is 5.41. The largest absolute Gasteiger partial charge is 0.494 e. The Labute approximate surface area is 137 Å². The van der Waals surface area contributed by atoms with Crippen LogP contribution in [0.15, 0.2) is 24.3 Å². The van der Waals surface area contributed by atoms with Crippen LogP contribution in [-0.2, 0) is 9.59 Å². The smallest absolute Gasteiger partial charge is 0.251 e. The number of likely N-dealkylation sites (tertiary alicyclic amines) is 1. The van der Waals surface area contributed by atoms with E-state index in [1.807, 2.05) is 6.92 Å². The van der Waals surface area contributed by atoms with Crippen LogP contribution in [0.5, 0.6) is 5.75 Å². The first kappa shape index (κ1) is 16.0. The number of ether oxygens (including phenoxy) is 1. The molecule has 2 aliphatic rings. The molecule has 2 aliphatic heterocycles. The predicted octanol–water partition coefficient (Wildman–Crippen LogP) is 2.45. The fourth-order valence-corrected chi connectivity index (χ4v) is 3.54. The summed E-state index contributed by atoms with van der Waals surface area (Å²) in [6.45, 7) is 6.53. The van der Waals surface area contributed by atoms with E-state index in [1.165, 1.54) is 11.3 Å². The Morgan fingerprint density at radius 2 is 1.96 bits per heavy atom. The lowest BCUT2D eigenvalue weighted by molar-refractivity contribution is -0.123. The van der Waals surface area contributed by atoms with Gasteiger partial charge in [0.1, 0.15) is 5.75 Å². The third-order valence-corrected chi connectivity index (χ3v) is 4.66. The summed E-state index contributed by atoms with van der Waals surface area (Å²) in [4.78, 5) is 28.7. The van der Waals surface area contributed by atoms with Gasteiger partial charge in [-0.05, 0) is 56.5 Å². The van der Waals surface area contributed by atoms with Gasteiger partial charge >= 0.3 is 0 Å². The summed E-state index contributed by atoms with van der Waals surface area (Å²) in [6, 6.07) is 6.87. The molecule has 1 aromatic carbocycles. The quantitative estimate of drug-likeness (QED) is 0.801. The molecular formula is C18H24N2O3. The molecule has 0 saturated carbocycles. The SMILES string of the molecule is CCOc1ccc(N2C(=O)C[C@H](N3CCC[C@H](C)C3)C2=O)cc1. The summed E-state index contributed by atoms with van der Waals surface area (Å²) in [5.41, 5.74) is 0.635. The van der Waals surface area contributed by atoms with E-state index < -0.39 is 0 Å². The molecule has 5 nitrogen and oxygen atoms in total. The molecule has 0 radical (unpaired) electrons. The summed E-state index contributed by atoms with van der Waals surface area (Å²) >= 11 is 0. The maximum Gasteiger partial charge on any atom is 0.251 e. The first-order valence-corrected chi connectivity index (χ1v) is 8.44. The lowest BCUT2D eigenvalue weighted by Gasteiger charge is -2.34. The number of benzene rings is 1. The van der Waals surface area contributed by atoms with Crippen LogP contribution in [-0.4, -0.2) is 42.5 Å². The van der Waals surface area contributed by atoms with E-state index in [9.17, 15) is 9.59 Å². The molecule has 2 saturated heterocycles. The van der Waals surface area contributed by atoms with Crippen LogP contribution in [0.2, 0.25) is 0 Å². The summed E-state index contributed by atoms with van der Waals surface area (Å²) in [5, 5.41) is 0. The number of nitrogens with zero attached hydrogens (tertiary/aromatic N) is 2. The number of carbonyl (C=O) groups is 2. The second-order valence-electron chi connectivity index (χ2n) is 6.46. The van der Waals surface area contributed by atoms with Crippen LogP contribution < -0.4 is 9.64 Å². The monoisotopic (exact) mass is 316 g/mol. The topological polar surface area (TPSA) is 49.9 Å². The lowest BCUT2D eigenvalue weighted by atomic mass is 9.98. The number of carbonyl (C=O) groups excluding carboxylic acids is 2. The van der Waals surface area contributed by atoms with Crippen molar-refractivity contribution in [2.45, 2.75) is 39.2 Å². The third-order valence-electron chi connectivity index (χ3n) is 4.66. The maximum atomic E-state index is 12.8. The minimum Gasteiger partial charge on any atom is -0.494 e. The average molecular weight is 316 g/mol. The normalized spacial score (nSPS) is 25.9. The number of rotatable bonds is 4. The fourth-order valence-electron chi connectivity index (χ4n) is 3.54. The Kier molecular flexibility index (Phi) is 4.66. The number of amides is 2. The van der Waals surface area contributed by atoms with Gasteiger partial charge in [0.15, 0.2) is 0 Å². The van der Waals surface area contributed by atoms with Crippen molar-refractivity contribution in [3.63, 3.8) is 0 Å². The molecule has 3 rings (SSSR count). The standard InChI is InChI=1S/C18H24N2O3/c1-3-23-15-8-6-14(7-9-15)20-17(21)11-16(18(20)22)19-10-4-5-13(2)12-19/h6-9,13,16H,3-5,10-12H2,1-2H3/t13-,16-/m0/s1. The summed E-state index contributed by atoms with van der Waals surface area (Å²) in [5.74, 6) is 1.14. The average Bonchev–Trinajstić information content (AvgIpc) is 2.83. The van der Waals surface area contributed by atoms with Gasteiger partial charge in [-0.1, -0.05) is 6.92 Å². The molecule has 2 atom stereocenters. The number of hydrogen-bond acceptors (Lipinski definition) is 4. The summed E-state index contributed by atoms with van der Waals surface area (Å²) in [7, 11) is 0. The van der Waals surface area contributed by atoms with Crippen molar-refractivity contribution in [2.24, 2.45) is 5.92 Å². The van der Waals surface area contributed by atoms with Gasteiger partial charge < -0.3 is 4.74 Å². The Morgan fingerprint density at radius 1 is 1.22 bits per heavy atom. The molecule has 23 heavy (non-hydrogen) atoms. The highest BCUT2D eigenvalue weighted by Gasteiger charge is 2.43. The molecule has 1 aromatic rings. The molecule has 0 unspecified atom stereocenters. The van der Waals surface area contributed by atoms with Crippen molar-refractivity contribution < 1.29 is 14.3 Å². The molecule has 0 bridgehead atoms. The van der Waals surface area contributed by atoms with E-state index in [4.69, 9.17) is 4.74 Å². The second kappa shape index (κ2) is 6.71. The zero-order chi connectivity index (χ0) is 16.4. The van der Waals surface area contributed by atoms with Gasteiger partial charge in [0.25, 0.3) is 5.91 Å². The Hall–Kier alpha value is -1.88. The molecule has 0 spiro atoms. The van der Waals surface area contributed by atoms with Crippen molar-refractivity contribution in [1.82, 2.24) is 4.90 Å². The van der Waals surface area contributed by atoms with E-state index >= 15 is 0 Å². The van der Waals surface area contributed by atoms with Crippen molar-refractivity contribution >= 4 is 17.5 Å². The highest BCUT2D eigenvalue weighted by Crippen LogP contribution is 2.29. The Bertz CT molecular complexity index is 584. The van der Waals surface area contributed by atoms with Gasteiger partial charge in [-0.2, -0.15) is 0 Å². The van der Waals surface area contributed by atoms with E-state index in [2.05, 4.69) is 11.8 Å². The van der Waals surface area contributed by atoms with Crippen LogP contribution in [0.1, 0.15) is 33.1 Å². The van der Waals surface area contributed by atoms with Crippen LogP contribution in [0.25, 0.3) is 0 Å². The van der Waals surface area contributed by atoms with E-state index in [-0.39, 0.29) is 17.9 Å². The summed E-state index contributed by atoms with van der Waals surface area (Å²) in [6.07, 6.45) is 2.59. The van der Waals surface area contributed by atoms with Crippen molar-refractivity contribution in [3.05, 3.63) is 24.3 Å². The fraction of sp³-hybridized carbons (Fsp3) is 0.556.